The number of nitrogens with one attached hydrogen (secondary N) is 1. The average Bonchev–Trinajstić information content (AvgIpc) is 2.84. The molecule has 0 aliphatic heterocycles. The van der Waals surface area contributed by atoms with E-state index in [1.807, 2.05) is 12.1 Å². The number of rotatable bonds is 6. The van der Waals surface area contributed by atoms with Gasteiger partial charge in [0.25, 0.3) is 0 Å². The first-order valence-corrected chi connectivity index (χ1v) is 8.38. The molecule has 2 aromatic rings. The number of para-hydroxylation sites is 1. The van der Waals surface area contributed by atoms with Crippen molar-refractivity contribution in [2.45, 2.75) is 38.3 Å². The van der Waals surface area contributed by atoms with Crippen LogP contribution in [0.1, 0.15) is 24.1 Å². The fraction of sp³-hybridized carbons (Fsp3) is 0.529. The van der Waals surface area contributed by atoms with Gasteiger partial charge in [-0.15, -0.1) is 0 Å². The van der Waals surface area contributed by atoms with E-state index < -0.39 is 6.10 Å². The molecule has 1 aromatic carbocycles. The molecule has 0 saturated heterocycles. The van der Waals surface area contributed by atoms with Crippen molar-refractivity contribution in [1.82, 2.24) is 9.88 Å². The summed E-state index contributed by atoms with van der Waals surface area (Å²) in [5.74, 6) is 0. The van der Waals surface area contributed by atoms with Crippen LogP contribution < -0.4 is 5.32 Å². The minimum atomic E-state index is -0.496. The summed E-state index contributed by atoms with van der Waals surface area (Å²) in [7, 11) is 0. The van der Waals surface area contributed by atoms with Gasteiger partial charge in [0.15, 0.2) is 0 Å². The highest BCUT2D eigenvalue weighted by Crippen LogP contribution is 2.35. The number of aryl methyl sites for hydroxylation is 1. The zero-order valence-corrected chi connectivity index (χ0v) is 13.4. The fourth-order valence-corrected chi connectivity index (χ4v) is 3.75. The molecule has 1 aliphatic rings. The molecule has 3 rings (SSSR count). The van der Waals surface area contributed by atoms with Crippen molar-refractivity contribution in [2.75, 3.05) is 19.7 Å². The molecule has 1 aromatic heterocycles. The van der Waals surface area contributed by atoms with Crippen molar-refractivity contribution >= 4 is 22.5 Å². The monoisotopic (exact) mass is 322 g/mol. The number of benzene rings is 1. The predicted molar refractivity (Wildman–Crippen MR) is 89.6 cm³/mol. The van der Waals surface area contributed by atoms with E-state index in [0.717, 1.165) is 23.4 Å². The van der Waals surface area contributed by atoms with Gasteiger partial charge in [-0.25, -0.2) is 0 Å². The largest absolute Gasteiger partial charge is 0.395 e. The average molecular weight is 323 g/mol. The van der Waals surface area contributed by atoms with Gasteiger partial charge in [0.2, 0.25) is 0 Å². The van der Waals surface area contributed by atoms with Crippen LogP contribution in [0.15, 0.2) is 18.2 Å². The number of fused-ring (bicyclic) bond motifs is 3. The Balaban J connectivity index is 1.94. The first-order valence-electron chi connectivity index (χ1n) is 8.00. The predicted octanol–water partition coefficient (Wildman–Crippen LogP) is 2.12. The highest BCUT2D eigenvalue weighted by Gasteiger charge is 2.22. The van der Waals surface area contributed by atoms with E-state index in [0.29, 0.717) is 19.6 Å². The highest BCUT2D eigenvalue weighted by atomic mass is 35.5. The number of nitrogens with zero attached hydrogens (tertiary/aromatic N) is 1. The highest BCUT2D eigenvalue weighted by molar-refractivity contribution is 6.35. The third-order valence-electron chi connectivity index (χ3n) is 4.41. The first-order chi connectivity index (χ1) is 10.7. The molecule has 0 fully saturated rings. The Morgan fingerprint density at radius 3 is 2.91 bits per heavy atom. The van der Waals surface area contributed by atoms with Gasteiger partial charge in [0.1, 0.15) is 0 Å². The SMILES string of the molecule is OCCNC[C@H](O)Cn1c2c(c3cccc(Cl)c31)CCCC2. The minimum Gasteiger partial charge on any atom is -0.395 e. The van der Waals surface area contributed by atoms with Crippen molar-refractivity contribution in [3.63, 3.8) is 0 Å². The molecule has 22 heavy (non-hydrogen) atoms. The number of halogens is 1. The van der Waals surface area contributed by atoms with Crippen LogP contribution in [-0.4, -0.2) is 40.6 Å². The maximum absolute atomic E-state index is 10.3. The molecule has 0 spiro atoms. The molecule has 1 atom stereocenters. The van der Waals surface area contributed by atoms with Crippen LogP contribution in [0, 0.1) is 0 Å². The third-order valence-corrected chi connectivity index (χ3v) is 4.71. The Bertz CT molecular complexity index is 654. The summed E-state index contributed by atoms with van der Waals surface area (Å²) in [5, 5.41) is 24.1. The van der Waals surface area contributed by atoms with E-state index in [1.54, 1.807) is 0 Å². The minimum absolute atomic E-state index is 0.0837. The molecule has 0 radical (unpaired) electrons. The second-order valence-corrected chi connectivity index (χ2v) is 6.37. The molecule has 3 N–H and O–H groups in total. The van der Waals surface area contributed by atoms with E-state index in [9.17, 15) is 5.11 Å². The van der Waals surface area contributed by atoms with Gasteiger partial charge in [-0.3, -0.25) is 0 Å². The molecule has 0 amide bonds. The van der Waals surface area contributed by atoms with Crippen molar-refractivity contribution in [1.29, 1.82) is 0 Å². The summed E-state index contributed by atoms with van der Waals surface area (Å²) in [6, 6.07) is 6.06. The Labute approximate surface area is 135 Å². The van der Waals surface area contributed by atoms with E-state index in [1.165, 1.54) is 29.5 Å². The van der Waals surface area contributed by atoms with Crippen molar-refractivity contribution in [3.05, 3.63) is 34.5 Å². The van der Waals surface area contributed by atoms with Crippen LogP contribution in [-0.2, 0) is 19.4 Å². The molecule has 5 heteroatoms. The quantitative estimate of drug-likeness (QED) is 0.714. The maximum Gasteiger partial charge on any atom is 0.0843 e. The van der Waals surface area contributed by atoms with Crippen molar-refractivity contribution in [2.24, 2.45) is 0 Å². The van der Waals surface area contributed by atoms with Crippen LogP contribution in [0.3, 0.4) is 0 Å². The first kappa shape index (κ1) is 15.8. The lowest BCUT2D eigenvalue weighted by Crippen LogP contribution is -2.32. The second-order valence-electron chi connectivity index (χ2n) is 5.96. The molecule has 0 saturated carbocycles. The Morgan fingerprint density at radius 1 is 1.27 bits per heavy atom. The van der Waals surface area contributed by atoms with Crippen LogP contribution in [0.25, 0.3) is 10.9 Å². The number of aliphatic hydroxyl groups is 2. The van der Waals surface area contributed by atoms with Gasteiger partial charge < -0.3 is 20.1 Å². The standard InChI is InChI=1S/C17H23ClN2O2/c18-15-6-3-5-14-13-4-1-2-7-16(13)20(17(14)15)11-12(22)10-19-8-9-21/h3,5-6,12,19,21-22H,1-2,4,7-11H2/t12-/m0/s1. The van der Waals surface area contributed by atoms with Gasteiger partial charge in [0.05, 0.1) is 29.8 Å². The molecular weight excluding hydrogens is 300 g/mol. The summed E-state index contributed by atoms with van der Waals surface area (Å²) in [5.41, 5.74) is 3.78. The van der Waals surface area contributed by atoms with Crippen LogP contribution in [0.2, 0.25) is 5.02 Å². The number of hydrogen-bond acceptors (Lipinski definition) is 3. The topological polar surface area (TPSA) is 57.4 Å². The van der Waals surface area contributed by atoms with Gasteiger partial charge in [-0.05, 0) is 37.3 Å². The fourth-order valence-electron chi connectivity index (χ4n) is 3.47. The van der Waals surface area contributed by atoms with E-state index in [2.05, 4.69) is 16.0 Å². The van der Waals surface area contributed by atoms with Gasteiger partial charge in [-0.2, -0.15) is 0 Å². The summed E-state index contributed by atoms with van der Waals surface area (Å²) in [6.45, 7) is 1.59. The number of aromatic nitrogens is 1. The molecule has 0 bridgehead atoms. The van der Waals surface area contributed by atoms with Gasteiger partial charge in [-0.1, -0.05) is 23.7 Å². The Kier molecular flexibility index (Phi) is 5.03. The number of aliphatic hydroxyl groups excluding tert-OH is 2. The molecule has 4 nitrogen and oxygen atoms in total. The summed E-state index contributed by atoms with van der Waals surface area (Å²) in [4.78, 5) is 0. The number of hydrogen-bond donors (Lipinski definition) is 3. The summed E-state index contributed by atoms with van der Waals surface area (Å²) < 4.78 is 2.21. The zero-order valence-electron chi connectivity index (χ0n) is 12.7. The smallest absolute Gasteiger partial charge is 0.0843 e. The van der Waals surface area contributed by atoms with Crippen molar-refractivity contribution in [3.8, 4) is 0 Å². The maximum atomic E-state index is 10.3. The lowest BCUT2D eigenvalue weighted by Gasteiger charge is -2.19. The van der Waals surface area contributed by atoms with Gasteiger partial charge in [0, 0.05) is 24.2 Å². The zero-order chi connectivity index (χ0) is 15.5. The van der Waals surface area contributed by atoms with E-state index >= 15 is 0 Å². The third kappa shape index (κ3) is 3.01. The van der Waals surface area contributed by atoms with Gasteiger partial charge >= 0.3 is 0 Å². The molecular formula is C17H23ClN2O2. The van der Waals surface area contributed by atoms with Crippen LogP contribution in [0.4, 0.5) is 0 Å². The second kappa shape index (κ2) is 7.01. The van der Waals surface area contributed by atoms with Crippen molar-refractivity contribution < 1.29 is 10.2 Å². The molecule has 1 heterocycles. The molecule has 120 valence electrons. The Morgan fingerprint density at radius 2 is 2.09 bits per heavy atom. The summed E-state index contributed by atoms with van der Waals surface area (Å²) in [6.07, 6.45) is 4.07. The lowest BCUT2D eigenvalue weighted by atomic mass is 9.95. The molecule has 1 aliphatic carbocycles. The lowest BCUT2D eigenvalue weighted by molar-refractivity contribution is 0.149. The van der Waals surface area contributed by atoms with E-state index in [4.69, 9.17) is 16.7 Å². The molecule has 0 unspecified atom stereocenters. The van der Waals surface area contributed by atoms with E-state index in [-0.39, 0.29) is 6.61 Å². The Hall–Kier alpha value is -1.07. The van der Waals surface area contributed by atoms with Crippen LogP contribution >= 0.6 is 11.6 Å². The van der Waals surface area contributed by atoms with Crippen LogP contribution in [0.5, 0.6) is 0 Å². The normalized spacial score (nSPS) is 16.0. The summed E-state index contributed by atoms with van der Waals surface area (Å²) >= 11 is 6.44.